The van der Waals surface area contributed by atoms with Gasteiger partial charge in [-0.3, -0.25) is 4.79 Å². The smallest absolute Gasteiger partial charge is 0.223 e. The number of hydrogen-bond donors (Lipinski definition) is 0. The van der Waals surface area contributed by atoms with Crippen LogP contribution in [0.3, 0.4) is 0 Å². The molecule has 0 N–H and O–H groups in total. The molecule has 0 radical (unpaired) electrons. The molecule has 0 unspecified atom stereocenters. The van der Waals surface area contributed by atoms with Crippen molar-refractivity contribution in [3.63, 3.8) is 0 Å². The van der Waals surface area contributed by atoms with Crippen LogP contribution in [0.4, 0.5) is 0 Å². The van der Waals surface area contributed by atoms with Gasteiger partial charge < -0.3 is 14.2 Å². The first-order valence-electron chi connectivity index (χ1n) is 6.88. The normalized spacial score (nSPS) is 19.2. The number of amides is 1. The Hall–Kier alpha value is -1.88. The molecule has 5 nitrogen and oxygen atoms in total. The van der Waals surface area contributed by atoms with Gasteiger partial charge in [0.25, 0.3) is 0 Å². The Morgan fingerprint density at radius 2 is 2.20 bits per heavy atom. The summed E-state index contributed by atoms with van der Waals surface area (Å²) in [7, 11) is 3.55. The molecule has 1 amide bonds. The highest BCUT2D eigenvalue weighted by Crippen LogP contribution is 2.29. The largest absolute Gasteiger partial charge is 0.383 e. The molecule has 20 heavy (non-hydrogen) atoms. The SMILES string of the molecule is COCCn1c([C@@H]2CC(=O)N(C)C2)nc2ccccc21. The Morgan fingerprint density at radius 3 is 2.90 bits per heavy atom. The Labute approximate surface area is 118 Å². The van der Waals surface area contributed by atoms with Crippen molar-refractivity contribution in [1.29, 1.82) is 0 Å². The molecule has 0 aliphatic carbocycles. The summed E-state index contributed by atoms with van der Waals surface area (Å²) in [6.45, 7) is 2.15. The van der Waals surface area contributed by atoms with Crippen molar-refractivity contribution in [3.05, 3.63) is 30.1 Å². The number of carbonyl (C=O) groups excluding carboxylic acids is 1. The van der Waals surface area contributed by atoms with Gasteiger partial charge in [-0.2, -0.15) is 0 Å². The number of fused-ring (bicyclic) bond motifs is 1. The van der Waals surface area contributed by atoms with E-state index < -0.39 is 0 Å². The molecule has 0 bridgehead atoms. The van der Waals surface area contributed by atoms with Crippen molar-refractivity contribution in [3.8, 4) is 0 Å². The molecule has 1 fully saturated rings. The molecule has 1 aliphatic heterocycles. The zero-order valence-electron chi connectivity index (χ0n) is 11.9. The van der Waals surface area contributed by atoms with Gasteiger partial charge in [0.05, 0.1) is 17.6 Å². The third kappa shape index (κ3) is 2.18. The van der Waals surface area contributed by atoms with E-state index in [4.69, 9.17) is 9.72 Å². The third-order valence-electron chi connectivity index (χ3n) is 3.91. The number of imidazole rings is 1. The van der Waals surface area contributed by atoms with E-state index in [1.807, 2.05) is 25.2 Å². The number of para-hydroxylation sites is 2. The Bertz CT molecular complexity index is 635. The zero-order valence-corrected chi connectivity index (χ0v) is 11.9. The number of benzene rings is 1. The van der Waals surface area contributed by atoms with Gasteiger partial charge in [0.2, 0.25) is 5.91 Å². The van der Waals surface area contributed by atoms with Crippen LogP contribution in [0.2, 0.25) is 0 Å². The highest BCUT2D eigenvalue weighted by Gasteiger charge is 2.31. The molecule has 1 aromatic carbocycles. The lowest BCUT2D eigenvalue weighted by molar-refractivity contribution is -0.126. The summed E-state index contributed by atoms with van der Waals surface area (Å²) in [5.41, 5.74) is 2.10. The molecule has 1 aliphatic rings. The summed E-state index contributed by atoms with van der Waals surface area (Å²) in [4.78, 5) is 18.3. The van der Waals surface area contributed by atoms with Crippen molar-refractivity contribution in [2.24, 2.45) is 0 Å². The highest BCUT2D eigenvalue weighted by atomic mass is 16.5. The van der Waals surface area contributed by atoms with Gasteiger partial charge in [-0.15, -0.1) is 0 Å². The third-order valence-corrected chi connectivity index (χ3v) is 3.91. The number of nitrogens with zero attached hydrogens (tertiary/aromatic N) is 3. The minimum absolute atomic E-state index is 0.178. The number of likely N-dealkylation sites (N-methyl/N-ethyl adjacent to an activating group) is 1. The van der Waals surface area contributed by atoms with E-state index in [0.717, 1.165) is 29.9 Å². The van der Waals surface area contributed by atoms with E-state index in [2.05, 4.69) is 10.6 Å². The summed E-state index contributed by atoms with van der Waals surface area (Å²) in [6.07, 6.45) is 0.548. The van der Waals surface area contributed by atoms with Crippen LogP contribution in [-0.4, -0.2) is 47.7 Å². The predicted molar refractivity (Wildman–Crippen MR) is 76.6 cm³/mol. The van der Waals surface area contributed by atoms with Gasteiger partial charge >= 0.3 is 0 Å². The molecule has 2 aromatic rings. The van der Waals surface area contributed by atoms with Gasteiger partial charge in [0.1, 0.15) is 5.82 Å². The van der Waals surface area contributed by atoms with Crippen molar-refractivity contribution in [2.45, 2.75) is 18.9 Å². The van der Waals surface area contributed by atoms with E-state index in [1.165, 1.54) is 0 Å². The number of carbonyl (C=O) groups is 1. The monoisotopic (exact) mass is 273 g/mol. The molecular weight excluding hydrogens is 254 g/mol. The topological polar surface area (TPSA) is 47.4 Å². The van der Waals surface area contributed by atoms with Crippen molar-refractivity contribution in [2.75, 3.05) is 27.3 Å². The number of ether oxygens (including phenoxy) is 1. The number of hydrogen-bond acceptors (Lipinski definition) is 3. The fourth-order valence-electron chi connectivity index (χ4n) is 2.86. The zero-order chi connectivity index (χ0) is 14.1. The Balaban J connectivity index is 2.02. The average Bonchev–Trinajstić information content (AvgIpc) is 2.98. The van der Waals surface area contributed by atoms with Crippen molar-refractivity contribution >= 4 is 16.9 Å². The first-order valence-corrected chi connectivity index (χ1v) is 6.88. The molecule has 106 valence electrons. The van der Waals surface area contributed by atoms with Crippen LogP contribution in [0, 0.1) is 0 Å². The van der Waals surface area contributed by atoms with Gasteiger partial charge in [0.15, 0.2) is 0 Å². The molecule has 3 rings (SSSR count). The van der Waals surface area contributed by atoms with Crippen LogP contribution in [0.15, 0.2) is 24.3 Å². The average molecular weight is 273 g/mol. The maximum absolute atomic E-state index is 11.8. The lowest BCUT2D eigenvalue weighted by Gasteiger charge is -2.13. The molecule has 1 atom stereocenters. The van der Waals surface area contributed by atoms with Crippen LogP contribution in [0.5, 0.6) is 0 Å². The standard InChI is InChI=1S/C15H19N3O2/c1-17-10-11(9-14(17)19)15-16-12-5-3-4-6-13(12)18(15)7-8-20-2/h3-6,11H,7-10H2,1-2H3/t11-/m1/s1. The molecule has 1 saturated heterocycles. The van der Waals surface area contributed by atoms with Crippen LogP contribution in [0.1, 0.15) is 18.2 Å². The number of likely N-dealkylation sites (tertiary alicyclic amines) is 1. The fourth-order valence-corrected chi connectivity index (χ4v) is 2.86. The second-order valence-electron chi connectivity index (χ2n) is 5.28. The van der Waals surface area contributed by atoms with Gasteiger partial charge in [-0.05, 0) is 12.1 Å². The lowest BCUT2D eigenvalue weighted by Crippen LogP contribution is -2.19. The van der Waals surface area contributed by atoms with Crippen LogP contribution >= 0.6 is 0 Å². The fraction of sp³-hybridized carbons (Fsp3) is 0.467. The van der Waals surface area contributed by atoms with Crippen molar-refractivity contribution < 1.29 is 9.53 Å². The van der Waals surface area contributed by atoms with Gasteiger partial charge in [-0.25, -0.2) is 4.98 Å². The molecule has 0 saturated carbocycles. The summed E-state index contributed by atoms with van der Waals surface area (Å²) in [6, 6.07) is 8.10. The Morgan fingerprint density at radius 1 is 1.40 bits per heavy atom. The predicted octanol–water partition coefficient (Wildman–Crippen LogP) is 1.63. The second kappa shape index (κ2) is 5.25. The molecule has 1 aromatic heterocycles. The minimum Gasteiger partial charge on any atom is -0.383 e. The van der Waals surface area contributed by atoms with E-state index >= 15 is 0 Å². The summed E-state index contributed by atoms with van der Waals surface area (Å²) < 4.78 is 7.39. The summed E-state index contributed by atoms with van der Waals surface area (Å²) in [5, 5.41) is 0. The van der Waals surface area contributed by atoms with Gasteiger partial charge in [0, 0.05) is 39.6 Å². The maximum Gasteiger partial charge on any atom is 0.223 e. The lowest BCUT2D eigenvalue weighted by atomic mass is 10.1. The molecule has 5 heteroatoms. The highest BCUT2D eigenvalue weighted by molar-refractivity contribution is 5.80. The molecular formula is C15H19N3O2. The van der Waals surface area contributed by atoms with Gasteiger partial charge in [-0.1, -0.05) is 12.1 Å². The number of methoxy groups -OCH3 is 1. The molecule has 2 heterocycles. The first-order chi connectivity index (χ1) is 9.70. The summed E-state index contributed by atoms with van der Waals surface area (Å²) >= 11 is 0. The quantitative estimate of drug-likeness (QED) is 0.850. The number of aromatic nitrogens is 2. The van der Waals surface area contributed by atoms with Crippen LogP contribution in [-0.2, 0) is 16.1 Å². The van der Waals surface area contributed by atoms with Crippen LogP contribution in [0.25, 0.3) is 11.0 Å². The first kappa shape index (κ1) is 13.1. The minimum atomic E-state index is 0.178. The second-order valence-corrected chi connectivity index (χ2v) is 5.28. The summed E-state index contributed by atoms with van der Waals surface area (Å²) in [5.74, 6) is 1.37. The van der Waals surface area contributed by atoms with E-state index in [-0.39, 0.29) is 11.8 Å². The van der Waals surface area contributed by atoms with E-state index in [9.17, 15) is 4.79 Å². The van der Waals surface area contributed by atoms with Crippen LogP contribution < -0.4 is 0 Å². The van der Waals surface area contributed by atoms with E-state index in [0.29, 0.717) is 13.0 Å². The molecule has 0 spiro atoms. The van der Waals surface area contributed by atoms with Crippen molar-refractivity contribution in [1.82, 2.24) is 14.5 Å². The number of rotatable bonds is 4. The Kier molecular flexibility index (Phi) is 3.44. The maximum atomic E-state index is 11.8. The van der Waals surface area contributed by atoms with E-state index in [1.54, 1.807) is 12.0 Å².